The second-order valence-electron chi connectivity index (χ2n) is 9.98. The second-order valence-corrected chi connectivity index (χ2v) is 9.98. The zero-order valence-electron chi connectivity index (χ0n) is 18.2. The summed E-state index contributed by atoms with van der Waals surface area (Å²) in [4.78, 5) is 39.0. The lowest BCUT2D eigenvalue weighted by atomic mass is 10.1. The van der Waals surface area contributed by atoms with Crippen LogP contribution in [0.4, 0.5) is 20.5 Å². The molecular formula is C22H28F2N6O2. The molecule has 8 nitrogen and oxygen atoms in total. The van der Waals surface area contributed by atoms with E-state index in [1.165, 1.54) is 0 Å². The van der Waals surface area contributed by atoms with E-state index in [4.69, 9.17) is 4.98 Å². The molecule has 1 aromatic heterocycles. The van der Waals surface area contributed by atoms with Gasteiger partial charge in [-0.3, -0.25) is 9.59 Å². The van der Waals surface area contributed by atoms with E-state index in [1.807, 2.05) is 4.90 Å². The Morgan fingerprint density at radius 2 is 2.00 bits per heavy atom. The van der Waals surface area contributed by atoms with Crippen molar-refractivity contribution in [1.82, 2.24) is 20.2 Å². The molecule has 0 bridgehead atoms. The molecule has 3 aliphatic heterocycles. The maximum absolute atomic E-state index is 14.6. The highest BCUT2D eigenvalue weighted by Crippen LogP contribution is 2.55. The van der Waals surface area contributed by atoms with Gasteiger partial charge in [0.1, 0.15) is 11.5 Å². The number of nitrogens with zero attached hydrogens (tertiary/aromatic N) is 5. The van der Waals surface area contributed by atoms with E-state index in [2.05, 4.69) is 22.1 Å². The van der Waals surface area contributed by atoms with Crippen molar-refractivity contribution in [2.24, 2.45) is 17.8 Å². The molecule has 2 amide bonds. The average Bonchev–Trinajstić information content (AvgIpc) is 3.07. The number of halogens is 2. The molecule has 5 aliphatic rings. The van der Waals surface area contributed by atoms with Gasteiger partial charge in [0.25, 0.3) is 5.92 Å². The number of alkyl halides is 2. The van der Waals surface area contributed by atoms with Gasteiger partial charge in [-0.15, -0.1) is 0 Å². The van der Waals surface area contributed by atoms with Crippen molar-refractivity contribution in [3.63, 3.8) is 0 Å². The van der Waals surface area contributed by atoms with E-state index in [-0.39, 0.29) is 36.5 Å². The first-order valence-corrected chi connectivity index (χ1v) is 11.7. The molecule has 3 saturated heterocycles. The minimum Gasteiger partial charge on any atom is -0.356 e. The number of carbonyl (C=O) groups is 2. The quantitative estimate of drug-likeness (QED) is 0.747. The van der Waals surface area contributed by atoms with Gasteiger partial charge in [0.05, 0.1) is 6.54 Å². The summed E-state index contributed by atoms with van der Waals surface area (Å²) in [6.07, 6.45) is 1.59. The lowest BCUT2D eigenvalue weighted by Gasteiger charge is -2.39. The summed E-state index contributed by atoms with van der Waals surface area (Å²) >= 11 is 0. The number of aromatic nitrogens is 2. The molecule has 4 atom stereocenters. The Labute approximate surface area is 185 Å². The lowest BCUT2D eigenvalue weighted by molar-refractivity contribution is -0.138. The van der Waals surface area contributed by atoms with Crippen LogP contribution in [0.25, 0.3) is 0 Å². The molecule has 172 valence electrons. The van der Waals surface area contributed by atoms with Crippen LogP contribution in [0.1, 0.15) is 37.4 Å². The fourth-order valence-electron chi connectivity index (χ4n) is 5.90. The molecule has 1 N–H and O–H groups in total. The van der Waals surface area contributed by atoms with Gasteiger partial charge in [-0.2, -0.15) is 13.8 Å². The van der Waals surface area contributed by atoms with Crippen LogP contribution in [0.3, 0.4) is 0 Å². The summed E-state index contributed by atoms with van der Waals surface area (Å²) in [5, 5.41) is 2.74. The number of anilines is 2. The van der Waals surface area contributed by atoms with Crippen LogP contribution in [0.15, 0.2) is 0 Å². The molecular weight excluding hydrogens is 418 g/mol. The average molecular weight is 447 g/mol. The second kappa shape index (κ2) is 6.99. The maximum Gasteiger partial charge on any atom is 0.290 e. The first kappa shape index (κ1) is 20.1. The maximum atomic E-state index is 14.6. The molecule has 2 unspecified atom stereocenters. The van der Waals surface area contributed by atoms with Crippen LogP contribution in [0, 0.1) is 17.8 Å². The zero-order valence-corrected chi connectivity index (χ0v) is 18.2. The number of carbonyl (C=O) groups excluding carboxylic acids is 2. The van der Waals surface area contributed by atoms with Gasteiger partial charge in [0, 0.05) is 57.2 Å². The predicted octanol–water partition coefficient (Wildman–Crippen LogP) is 1.14. The fraction of sp³-hybridized carbons (Fsp3) is 0.727. The third kappa shape index (κ3) is 3.13. The third-order valence-electron chi connectivity index (χ3n) is 8.06. The molecule has 0 aromatic carbocycles. The van der Waals surface area contributed by atoms with Crippen molar-refractivity contribution in [1.29, 1.82) is 0 Å². The molecule has 2 aliphatic carbocycles. The van der Waals surface area contributed by atoms with Crippen LogP contribution in [0.2, 0.25) is 0 Å². The number of piperidine rings is 1. The van der Waals surface area contributed by atoms with Crippen LogP contribution in [0.5, 0.6) is 0 Å². The number of piperazine rings is 1. The van der Waals surface area contributed by atoms with Crippen molar-refractivity contribution in [2.45, 2.75) is 44.6 Å². The molecule has 0 radical (unpaired) electrons. The van der Waals surface area contributed by atoms with E-state index in [0.29, 0.717) is 61.0 Å². The van der Waals surface area contributed by atoms with Crippen LogP contribution in [-0.4, -0.2) is 72.0 Å². The van der Waals surface area contributed by atoms with Gasteiger partial charge >= 0.3 is 0 Å². The summed E-state index contributed by atoms with van der Waals surface area (Å²) in [6.45, 7) is 5.58. The Bertz CT molecular complexity index is 975. The molecule has 4 fully saturated rings. The van der Waals surface area contributed by atoms with Crippen molar-refractivity contribution in [3.8, 4) is 0 Å². The van der Waals surface area contributed by atoms with Gasteiger partial charge in [-0.05, 0) is 37.5 Å². The normalized spacial score (nSPS) is 32.3. The van der Waals surface area contributed by atoms with Gasteiger partial charge in [0.15, 0.2) is 0 Å². The van der Waals surface area contributed by atoms with Crippen molar-refractivity contribution in [3.05, 3.63) is 11.3 Å². The predicted molar refractivity (Wildman–Crippen MR) is 113 cm³/mol. The van der Waals surface area contributed by atoms with Crippen LogP contribution < -0.4 is 15.1 Å². The Hall–Kier alpha value is -2.52. The van der Waals surface area contributed by atoms with Gasteiger partial charge in [-0.1, -0.05) is 0 Å². The number of hydrogen-bond acceptors (Lipinski definition) is 6. The van der Waals surface area contributed by atoms with Crippen molar-refractivity contribution < 1.29 is 18.4 Å². The SMILES string of the molecule is CC1CCN1c1nc(N2C[C@@H]3C(CC(=O)N4CCNC(=O)C4)[C@@H]3C2)c2c(n1)C(F)(F)CC2. The Morgan fingerprint density at radius 1 is 1.22 bits per heavy atom. The monoisotopic (exact) mass is 446 g/mol. The molecule has 10 heteroatoms. The minimum absolute atomic E-state index is 0.0439. The molecule has 32 heavy (non-hydrogen) atoms. The van der Waals surface area contributed by atoms with E-state index in [1.54, 1.807) is 4.90 Å². The number of amides is 2. The highest BCUT2D eigenvalue weighted by atomic mass is 19.3. The molecule has 0 spiro atoms. The summed E-state index contributed by atoms with van der Waals surface area (Å²) < 4.78 is 29.1. The van der Waals surface area contributed by atoms with E-state index < -0.39 is 5.92 Å². The first-order chi connectivity index (χ1) is 15.3. The summed E-state index contributed by atoms with van der Waals surface area (Å²) in [6, 6.07) is 0.273. The number of rotatable bonds is 4. The minimum atomic E-state index is -2.89. The number of nitrogens with one attached hydrogen (secondary N) is 1. The van der Waals surface area contributed by atoms with Gasteiger partial charge in [0.2, 0.25) is 17.8 Å². The topological polar surface area (TPSA) is 81.7 Å². The van der Waals surface area contributed by atoms with Gasteiger partial charge in [-0.25, -0.2) is 4.98 Å². The van der Waals surface area contributed by atoms with Crippen molar-refractivity contribution in [2.75, 3.05) is 49.1 Å². The first-order valence-electron chi connectivity index (χ1n) is 11.7. The smallest absolute Gasteiger partial charge is 0.290 e. The lowest BCUT2D eigenvalue weighted by Crippen LogP contribution is -2.50. The Kier molecular flexibility index (Phi) is 4.39. The van der Waals surface area contributed by atoms with Crippen LogP contribution >= 0.6 is 0 Å². The number of hydrogen-bond donors (Lipinski definition) is 1. The van der Waals surface area contributed by atoms with E-state index in [0.717, 1.165) is 26.1 Å². The zero-order chi connectivity index (χ0) is 22.2. The summed E-state index contributed by atoms with van der Waals surface area (Å²) in [5.74, 6) is -0.770. The van der Waals surface area contributed by atoms with Crippen molar-refractivity contribution >= 4 is 23.6 Å². The van der Waals surface area contributed by atoms with E-state index in [9.17, 15) is 18.4 Å². The van der Waals surface area contributed by atoms with Crippen LogP contribution in [-0.2, 0) is 21.9 Å². The Morgan fingerprint density at radius 3 is 2.66 bits per heavy atom. The molecule has 1 saturated carbocycles. The standard InChI is InChI=1S/C22H28F2N6O2/c1-12-3-6-30(12)21-26-19-13(2-4-22(19,23)24)20(27-21)29-9-15-14(16(15)10-29)8-18(32)28-7-5-25-17(31)11-28/h12,14-16H,2-11H2,1H3,(H,25,31)/t12?,14?,15-,16+. The van der Waals surface area contributed by atoms with Gasteiger partial charge < -0.3 is 20.0 Å². The highest BCUT2D eigenvalue weighted by Gasteiger charge is 2.57. The highest BCUT2D eigenvalue weighted by molar-refractivity contribution is 5.86. The third-order valence-corrected chi connectivity index (χ3v) is 8.06. The summed E-state index contributed by atoms with van der Waals surface area (Å²) in [5.41, 5.74) is 0.507. The fourth-order valence-corrected chi connectivity index (χ4v) is 5.90. The molecule has 1 aromatic rings. The summed E-state index contributed by atoms with van der Waals surface area (Å²) in [7, 11) is 0. The number of fused-ring (bicyclic) bond motifs is 2. The Balaban J connectivity index is 1.17. The molecule has 6 rings (SSSR count). The van der Waals surface area contributed by atoms with E-state index >= 15 is 0 Å². The molecule has 4 heterocycles. The largest absolute Gasteiger partial charge is 0.356 e.